The standard InChI is InChI=1S/C20H28F3N5O2/c1-5-24-18(26-11-16-27-17(30-28-16)19(2,3)4)25-10-14-6-8-15(9-7-14)12-29-13-20(21,22)23/h6-9H,5,10-13H2,1-4H3,(H2,24,25,26). The van der Waals surface area contributed by atoms with Crippen LogP contribution in [0.4, 0.5) is 13.2 Å². The molecule has 0 fully saturated rings. The largest absolute Gasteiger partial charge is 0.411 e. The van der Waals surface area contributed by atoms with Gasteiger partial charge >= 0.3 is 6.18 Å². The number of nitrogens with zero attached hydrogens (tertiary/aromatic N) is 3. The van der Waals surface area contributed by atoms with Crippen LogP contribution < -0.4 is 10.6 Å². The Kier molecular flexibility index (Phi) is 8.22. The van der Waals surface area contributed by atoms with Crippen molar-refractivity contribution in [3.05, 3.63) is 47.1 Å². The van der Waals surface area contributed by atoms with Gasteiger partial charge in [0, 0.05) is 12.0 Å². The van der Waals surface area contributed by atoms with Gasteiger partial charge in [-0.25, -0.2) is 4.99 Å². The van der Waals surface area contributed by atoms with Gasteiger partial charge in [0.25, 0.3) is 0 Å². The lowest BCUT2D eigenvalue weighted by Crippen LogP contribution is -2.37. The van der Waals surface area contributed by atoms with Crippen molar-refractivity contribution in [1.82, 2.24) is 20.8 Å². The first kappa shape index (κ1) is 23.7. The van der Waals surface area contributed by atoms with Crippen molar-refractivity contribution in [3.8, 4) is 0 Å². The van der Waals surface area contributed by atoms with Gasteiger partial charge < -0.3 is 19.9 Å². The number of ether oxygens (including phenoxy) is 1. The monoisotopic (exact) mass is 427 g/mol. The molecule has 1 heterocycles. The zero-order valence-electron chi connectivity index (χ0n) is 17.6. The maximum Gasteiger partial charge on any atom is 0.411 e. The number of aliphatic imine (C=N–C) groups is 1. The van der Waals surface area contributed by atoms with Gasteiger partial charge in [0.15, 0.2) is 11.8 Å². The Hall–Kier alpha value is -2.62. The molecule has 0 spiro atoms. The highest BCUT2D eigenvalue weighted by Crippen LogP contribution is 2.19. The molecule has 0 aliphatic carbocycles. The van der Waals surface area contributed by atoms with Crippen molar-refractivity contribution in [1.29, 1.82) is 0 Å². The van der Waals surface area contributed by atoms with Crippen LogP contribution in [0.5, 0.6) is 0 Å². The molecule has 0 amide bonds. The van der Waals surface area contributed by atoms with Crippen LogP contribution in [0.1, 0.15) is 50.5 Å². The SMILES string of the molecule is CCNC(=NCc1ccc(COCC(F)(F)F)cc1)NCc1noc(C(C)(C)C)n1. The Balaban J connectivity index is 1.88. The minimum Gasteiger partial charge on any atom is -0.367 e. The van der Waals surface area contributed by atoms with E-state index in [9.17, 15) is 13.2 Å². The van der Waals surface area contributed by atoms with Gasteiger partial charge in [-0.3, -0.25) is 0 Å². The maximum absolute atomic E-state index is 12.1. The highest BCUT2D eigenvalue weighted by Gasteiger charge is 2.27. The van der Waals surface area contributed by atoms with Crippen molar-refractivity contribution in [2.45, 2.75) is 59.0 Å². The third-order valence-corrected chi connectivity index (χ3v) is 3.85. The number of alkyl halides is 3. The molecule has 166 valence electrons. The van der Waals surface area contributed by atoms with Gasteiger partial charge in [0.05, 0.1) is 19.7 Å². The smallest absolute Gasteiger partial charge is 0.367 e. The van der Waals surface area contributed by atoms with Crippen molar-refractivity contribution in [3.63, 3.8) is 0 Å². The predicted octanol–water partition coefficient (Wildman–Crippen LogP) is 3.70. The molecule has 1 aromatic heterocycles. The summed E-state index contributed by atoms with van der Waals surface area (Å²) in [6.45, 7) is 8.05. The molecule has 2 aromatic rings. The molecule has 0 aliphatic heterocycles. The molecule has 0 saturated heterocycles. The summed E-state index contributed by atoms with van der Waals surface area (Å²) in [5.41, 5.74) is 1.37. The molecule has 0 bridgehead atoms. The van der Waals surface area contributed by atoms with Gasteiger partial charge in [-0.15, -0.1) is 0 Å². The summed E-state index contributed by atoms with van der Waals surface area (Å²) in [4.78, 5) is 8.88. The topological polar surface area (TPSA) is 84.6 Å². The van der Waals surface area contributed by atoms with E-state index in [0.717, 1.165) is 5.56 Å². The van der Waals surface area contributed by atoms with E-state index < -0.39 is 12.8 Å². The van der Waals surface area contributed by atoms with Gasteiger partial charge in [-0.2, -0.15) is 18.2 Å². The molecule has 2 N–H and O–H groups in total. The van der Waals surface area contributed by atoms with Gasteiger partial charge in [-0.05, 0) is 18.1 Å². The number of hydrogen-bond acceptors (Lipinski definition) is 5. The second-order valence-corrected chi connectivity index (χ2v) is 7.74. The molecule has 30 heavy (non-hydrogen) atoms. The Morgan fingerprint density at radius 1 is 1.10 bits per heavy atom. The molecular weight excluding hydrogens is 399 g/mol. The molecular formula is C20H28F3N5O2. The number of nitrogens with one attached hydrogen (secondary N) is 2. The first-order valence-electron chi connectivity index (χ1n) is 9.64. The average Bonchev–Trinajstić information content (AvgIpc) is 3.13. The fourth-order valence-corrected chi connectivity index (χ4v) is 2.33. The summed E-state index contributed by atoms with van der Waals surface area (Å²) < 4.78 is 46.3. The van der Waals surface area contributed by atoms with Crippen LogP contribution in [0.2, 0.25) is 0 Å². The van der Waals surface area contributed by atoms with E-state index >= 15 is 0 Å². The van der Waals surface area contributed by atoms with Crippen molar-refractivity contribution in [2.24, 2.45) is 4.99 Å². The highest BCUT2D eigenvalue weighted by molar-refractivity contribution is 5.79. The van der Waals surface area contributed by atoms with E-state index in [0.29, 0.717) is 42.9 Å². The van der Waals surface area contributed by atoms with Crippen LogP contribution >= 0.6 is 0 Å². The third kappa shape index (κ3) is 8.40. The number of guanidine groups is 1. The second-order valence-electron chi connectivity index (χ2n) is 7.74. The molecule has 0 saturated carbocycles. The molecule has 1 aromatic carbocycles. The molecule has 10 heteroatoms. The van der Waals surface area contributed by atoms with E-state index in [-0.39, 0.29) is 12.0 Å². The van der Waals surface area contributed by atoms with Gasteiger partial charge in [0.2, 0.25) is 5.89 Å². The number of halogens is 3. The van der Waals surface area contributed by atoms with E-state index in [1.165, 1.54) is 0 Å². The predicted molar refractivity (Wildman–Crippen MR) is 107 cm³/mol. The van der Waals surface area contributed by atoms with Crippen molar-refractivity contribution >= 4 is 5.96 Å². The molecule has 2 rings (SSSR count). The fraction of sp³-hybridized carbons (Fsp3) is 0.550. The van der Waals surface area contributed by atoms with Crippen LogP contribution in [-0.2, 0) is 29.8 Å². The number of benzene rings is 1. The van der Waals surface area contributed by atoms with Crippen LogP contribution in [0.25, 0.3) is 0 Å². The average molecular weight is 427 g/mol. The summed E-state index contributed by atoms with van der Waals surface area (Å²) in [7, 11) is 0. The fourth-order valence-electron chi connectivity index (χ4n) is 2.33. The summed E-state index contributed by atoms with van der Waals surface area (Å²) >= 11 is 0. The normalized spacial score (nSPS) is 12.8. The van der Waals surface area contributed by atoms with Crippen molar-refractivity contribution < 1.29 is 22.4 Å². The van der Waals surface area contributed by atoms with Crippen LogP contribution in [0.3, 0.4) is 0 Å². The summed E-state index contributed by atoms with van der Waals surface area (Å²) in [6.07, 6.45) is -4.32. The molecule has 0 atom stereocenters. The van der Waals surface area contributed by atoms with Crippen LogP contribution in [0, 0.1) is 0 Å². The lowest BCUT2D eigenvalue weighted by atomic mass is 9.97. The molecule has 0 radical (unpaired) electrons. The molecule has 0 aliphatic rings. The first-order valence-corrected chi connectivity index (χ1v) is 9.64. The zero-order chi connectivity index (χ0) is 22.2. The summed E-state index contributed by atoms with van der Waals surface area (Å²) in [6, 6.07) is 7.09. The van der Waals surface area contributed by atoms with E-state index in [1.807, 2.05) is 39.8 Å². The quantitative estimate of drug-likeness (QED) is 0.494. The van der Waals surface area contributed by atoms with E-state index in [4.69, 9.17) is 4.52 Å². The van der Waals surface area contributed by atoms with Gasteiger partial charge in [-0.1, -0.05) is 50.2 Å². The summed E-state index contributed by atoms with van der Waals surface area (Å²) in [5.74, 6) is 1.70. The zero-order valence-corrected chi connectivity index (χ0v) is 17.6. The third-order valence-electron chi connectivity index (χ3n) is 3.85. The molecule has 0 unspecified atom stereocenters. The minimum atomic E-state index is -4.32. The lowest BCUT2D eigenvalue weighted by Gasteiger charge is -2.11. The number of rotatable bonds is 8. The van der Waals surface area contributed by atoms with E-state index in [2.05, 4.69) is 30.5 Å². The Morgan fingerprint density at radius 3 is 2.33 bits per heavy atom. The maximum atomic E-state index is 12.1. The minimum absolute atomic E-state index is 0.0888. The number of aromatic nitrogens is 2. The first-order chi connectivity index (χ1) is 14.1. The Labute approximate surface area is 174 Å². The Bertz CT molecular complexity index is 811. The Morgan fingerprint density at radius 2 is 1.77 bits per heavy atom. The highest BCUT2D eigenvalue weighted by atomic mass is 19.4. The summed E-state index contributed by atoms with van der Waals surface area (Å²) in [5, 5.41) is 10.3. The van der Waals surface area contributed by atoms with Crippen molar-refractivity contribution in [2.75, 3.05) is 13.2 Å². The van der Waals surface area contributed by atoms with Crippen LogP contribution in [0.15, 0.2) is 33.8 Å². The second kappa shape index (κ2) is 10.4. The number of hydrogen-bond donors (Lipinski definition) is 2. The van der Waals surface area contributed by atoms with E-state index in [1.54, 1.807) is 12.1 Å². The molecule has 7 nitrogen and oxygen atoms in total. The van der Waals surface area contributed by atoms with Crippen LogP contribution in [-0.4, -0.2) is 35.4 Å². The van der Waals surface area contributed by atoms with Gasteiger partial charge in [0.1, 0.15) is 6.61 Å². The lowest BCUT2D eigenvalue weighted by molar-refractivity contribution is -0.176.